The minimum atomic E-state index is -3.62. The highest BCUT2D eigenvalue weighted by Crippen LogP contribution is 2.40. The third-order valence-electron chi connectivity index (χ3n) is 8.37. The van der Waals surface area contributed by atoms with Crippen molar-refractivity contribution in [1.29, 1.82) is 0 Å². The number of carbonyl (C=O) groups is 1. The van der Waals surface area contributed by atoms with E-state index in [4.69, 9.17) is 14.7 Å². The first-order chi connectivity index (χ1) is 20.2. The molecule has 7 rings (SSSR count). The molecule has 2 N–H and O–H groups in total. The van der Waals surface area contributed by atoms with Gasteiger partial charge in [-0.15, -0.1) is 0 Å². The highest BCUT2D eigenvalue weighted by molar-refractivity contribution is 7.90. The molecule has 1 saturated heterocycles. The molecule has 1 unspecified atom stereocenters. The maximum absolute atomic E-state index is 13.1. The van der Waals surface area contributed by atoms with Gasteiger partial charge in [0.05, 0.1) is 28.5 Å². The van der Waals surface area contributed by atoms with Gasteiger partial charge in [-0.1, -0.05) is 6.07 Å². The van der Waals surface area contributed by atoms with Crippen molar-refractivity contribution in [3.63, 3.8) is 0 Å². The second-order valence-corrected chi connectivity index (χ2v) is 13.8. The number of rotatable bonds is 8. The number of anilines is 3. The summed E-state index contributed by atoms with van der Waals surface area (Å²) in [5, 5.41) is 10.9. The first-order valence-corrected chi connectivity index (χ1v) is 16.5. The van der Waals surface area contributed by atoms with E-state index >= 15 is 0 Å². The Morgan fingerprint density at radius 2 is 1.83 bits per heavy atom. The van der Waals surface area contributed by atoms with Gasteiger partial charge in [0.1, 0.15) is 23.4 Å². The number of aryl methyl sites for hydroxylation is 1. The average Bonchev–Trinajstić information content (AvgIpc) is 3.89. The second-order valence-electron chi connectivity index (χ2n) is 11.8. The summed E-state index contributed by atoms with van der Waals surface area (Å²) in [4.78, 5) is 22.5. The van der Waals surface area contributed by atoms with E-state index in [1.54, 1.807) is 18.2 Å². The summed E-state index contributed by atoms with van der Waals surface area (Å²) in [5.41, 5.74) is 4.86. The molecule has 1 aromatic carbocycles. The van der Waals surface area contributed by atoms with Crippen LogP contribution in [-0.4, -0.2) is 51.5 Å². The van der Waals surface area contributed by atoms with Crippen molar-refractivity contribution in [2.45, 2.75) is 76.0 Å². The van der Waals surface area contributed by atoms with Crippen molar-refractivity contribution in [3.8, 4) is 11.1 Å². The number of hydrogen-bond acceptors (Lipinski definition) is 8. The molecule has 0 bridgehead atoms. The number of ether oxygens (including phenoxy) is 1. The van der Waals surface area contributed by atoms with E-state index in [2.05, 4.69) is 15.7 Å². The van der Waals surface area contributed by atoms with E-state index in [-0.39, 0.29) is 22.9 Å². The highest BCUT2D eigenvalue weighted by Gasteiger charge is 2.31. The van der Waals surface area contributed by atoms with Crippen LogP contribution in [0.3, 0.4) is 0 Å². The molecule has 1 atom stereocenters. The van der Waals surface area contributed by atoms with Gasteiger partial charge in [0.15, 0.2) is 15.5 Å². The predicted molar refractivity (Wildman–Crippen MR) is 160 cm³/mol. The molecule has 4 heterocycles. The van der Waals surface area contributed by atoms with E-state index in [0.717, 1.165) is 67.6 Å². The van der Waals surface area contributed by atoms with E-state index in [1.807, 2.05) is 35.4 Å². The molecule has 2 saturated carbocycles. The van der Waals surface area contributed by atoms with Crippen LogP contribution in [0.1, 0.15) is 68.7 Å². The number of nitrogens with zero attached hydrogens (tertiary/aromatic N) is 5. The monoisotopic (exact) mass is 589 g/mol. The molecular formula is C30H35N7O4S. The summed E-state index contributed by atoms with van der Waals surface area (Å²) in [7, 11) is -3.62. The fourth-order valence-corrected chi connectivity index (χ4v) is 6.68. The van der Waals surface area contributed by atoms with Crippen LogP contribution >= 0.6 is 0 Å². The Bertz CT molecular complexity index is 1810. The van der Waals surface area contributed by atoms with Gasteiger partial charge >= 0.3 is 0 Å². The SMILES string of the molecule is Cc1c(-c2ccc(Nc3cc(NC(=O)C4CC4)nc4c3nc(C)n4C3CCCCO3)c(S(C)(=O)=O)c2)cnn1C1CC1. The molecule has 12 heteroatoms. The Balaban J connectivity index is 1.32. The highest BCUT2D eigenvalue weighted by atomic mass is 32.2. The Hall–Kier alpha value is -3.77. The molecule has 0 spiro atoms. The minimum absolute atomic E-state index is 0.00402. The number of hydrogen-bond donors (Lipinski definition) is 2. The van der Waals surface area contributed by atoms with E-state index in [1.165, 1.54) is 6.26 Å². The Labute approximate surface area is 244 Å². The molecule has 11 nitrogen and oxygen atoms in total. The van der Waals surface area contributed by atoms with Crippen LogP contribution in [0.15, 0.2) is 35.4 Å². The second kappa shape index (κ2) is 10.2. The number of carbonyl (C=O) groups excluding carboxylic acids is 1. The number of benzene rings is 1. The van der Waals surface area contributed by atoms with Crippen LogP contribution in [0.25, 0.3) is 22.3 Å². The largest absolute Gasteiger partial charge is 0.358 e. The Kier molecular flexibility index (Phi) is 6.58. The van der Waals surface area contributed by atoms with Crippen molar-refractivity contribution in [1.82, 2.24) is 24.3 Å². The van der Waals surface area contributed by atoms with Gasteiger partial charge in [0, 0.05) is 36.1 Å². The summed E-state index contributed by atoms with van der Waals surface area (Å²) < 4.78 is 36.3. The molecular weight excluding hydrogens is 554 g/mol. The lowest BCUT2D eigenvalue weighted by Gasteiger charge is -2.25. The number of pyridine rings is 1. The van der Waals surface area contributed by atoms with Gasteiger partial charge in [-0.05, 0) is 76.5 Å². The average molecular weight is 590 g/mol. The van der Waals surface area contributed by atoms with Crippen LogP contribution in [0, 0.1) is 19.8 Å². The van der Waals surface area contributed by atoms with E-state index in [9.17, 15) is 13.2 Å². The van der Waals surface area contributed by atoms with Gasteiger partial charge in [-0.3, -0.25) is 14.0 Å². The maximum Gasteiger partial charge on any atom is 0.228 e. The van der Waals surface area contributed by atoms with Crippen molar-refractivity contribution in [2.24, 2.45) is 5.92 Å². The predicted octanol–water partition coefficient (Wildman–Crippen LogP) is 5.44. The first kappa shape index (κ1) is 27.1. The molecule has 42 heavy (non-hydrogen) atoms. The number of imidazole rings is 1. The van der Waals surface area contributed by atoms with Gasteiger partial charge in [0.25, 0.3) is 0 Å². The van der Waals surface area contributed by atoms with Gasteiger partial charge < -0.3 is 15.4 Å². The molecule has 3 aromatic heterocycles. The van der Waals surface area contributed by atoms with Gasteiger partial charge in [-0.2, -0.15) is 5.10 Å². The number of aromatic nitrogens is 5. The topological polar surface area (TPSA) is 133 Å². The standard InChI is InChI=1S/C30H35N7O4S/c1-17-22(16-31-37(17)21-10-11-21)20-9-12-23(25(14-20)42(3,39)40)33-24-15-26(35-30(38)19-7-8-19)34-29-28(24)32-18(2)36(29)27-6-4-5-13-41-27/h9,12,14-16,19,21,27H,4-8,10-11,13H2,1-3H3,(H2,33,34,35,38). The fourth-order valence-electron chi connectivity index (χ4n) is 5.82. The summed E-state index contributed by atoms with van der Waals surface area (Å²) in [6.07, 6.45) is 9.68. The molecule has 3 aliphatic rings. The number of nitrogens with one attached hydrogen (secondary N) is 2. The molecule has 0 radical (unpaired) electrons. The van der Waals surface area contributed by atoms with Crippen LogP contribution in [0.2, 0.25) is 0 Å². The molecule has 4 aromatic rings. The minimum Gasteiger partial charge on any atom is -0.358 e. The van der Waals surface area contributed by atoms with Crippen molar-refractivity contribution in [2.75, 3.05) is 23.5 Å². The van der Waals surface area contributed by atoms with Crippen molar-refractivity contribution < 1.29 is 17.9 Å². The van der Waals surface area contributed by atoms with Gasteiger partial charge in [-0.25, -0.2) is 18.4 Å². The number of fused-ring (bicyclic) bond motifs is 1. The lowest BCUT2D eigenvalue weighted by molar-refractivity contribution is -0.117. The smallest absolute Gasteiger partial charge is 0.228 e. The summed E-state index contributed by atoms with van der Waals surface area (Å²) >= 11 is 0. The molecule has 3 fully saturated rings. The van der Waals surface area contributed by atoms with E-state index in [0.29, 0.717) is 41.0 Å². The summed E-state index contributed by atoms with van der Waals surface area (Å²) in [6, 6.07) is 7.55. The zero-order valence-corrected chi connectivity index (χ0v) is 24.9. The normalized spacial score (nSPS) is 19.3. The molecule has 220 valence electrons. The fraction of sp³-hybridized carbons (Fsp3) is 0.467. The van der Waals surface area contributed by atoms with Crippen molar-refractivity contribution in [3.05, 3.63) is 42.0 Å². The van der Waals surface area contributed by atoms with E-state index < -0.39 is 9.84 Å². The van der Waals surface area contributed by atoms with Crippen molar-refractivity contribution >= 4 is 44.1 Å². The zero-order valence-electron chi connectivity index (χ0n) is 24.1. The number of sulfone groups is 1. The lowest BCUT2D eigenvalue weighted by atomic mass is 10.1. The number of amides is 1. The Morgan fingerprint density at radius 3 is 2.52 bits per heavy atom. The zero-order chi connectivity index (χ0) is 29.2. The third kappa shape index (κ3) is 5.06. The summed E-state index contributed by atoms with van der Waals surface area (Å²) in [5.74, 6) is 1.07. The van der Waals surface area contributed by atoms with Crippen LogP contribution in [0.4, 0.5) is 17.2 Å². The van der Waals surface area contributed by atoms with Crippen LogP contribution < -0.4 is 10.6 Å². The quantitative estimate of drug-likeness (QED) is 0.278. The first-order valence-electron chi connectivity index (χ1n) is 14.6. The van der Waals surface area contributed by atoms with Crippen LogP contribution in [-0.2, 0) is 19.4 Å². The molecule has 2 aliphatic carbocycles. The Morgan fingerprint density at radius 1 is 1.02 bits per heavy atom. The molecule has 1 aliphatic heterocycles. The van der Waals surface area contributed by atoms with Gasteiger partial charge in [0.2, 0.25) is 5.91 Å². The lowest BCUT2D eigenvalue weighted by Crippen LogP contribution is -2.20. The van der Waals surface area contributed by atoms with Crippen LogP contribution in [0.5, 0.6) is 0 Å². The maximum atomic E-state index is 13.1. The summed E-state index contributed by atoms with van der Waals surface area (Å²) in [6.45, 7) is 4.59. The third-order valence-corrected chi connectivity index (χ3v) is 9.50. The molecule has 1 amide bonds.